The second-order valence-electron chi connectivity index (χ2n) is 7.36. The fourth-order valence-corrected chi connectivity index (χ4v) is 4.42. The molecule has 7 nitrogen and oxygen atoms in total. The largest absolute Gasteiger partial charge is 0.618 e. The van der Waals surface area contributed by atoms with Crippen molar-refractivity contribution in [1.29, 1.82) is 0 Å². The maximum atomic E-state index is 13.2. The monoisotopic (exact) mass is 378 g/mol. The van der Waals surface area contributed by atoms with E-state index in [1.54, 1.807) is 29.7 Å². The van der Waals surface area contributed by atoms with Crippen molar-refractivity contribution in [3.63, 3.8) is 0 Å². The van der Waals surface area contributed by atoms with Crippen LogP contribution in [0, 0.1) is 5.21 Å². The van der Waals surface area contributed by atoms with Crippen molar-refractivity contribution >= 4 is 16.9 Å². The molecule has 0 spiro atoms. The third-order valence-electron chi connectivity index (χ3n) is 6.01. The summed E-state index contributed by atoms with van der Waals surface area (Å²) in [6.45, 7) is 3.33. The van der Waals surface area contributed by atoms with Gasteiger partial charge in [0.15, 0.2) is 5.60 Å². The summed E-state index contributed by atoms with van der Waals surface area (Å²) >= 11 is 0. The molecular weight excluding hydrogens is 360 g/mol. The lowest BCUT2D eigenvalue weighted by Gasteiger charge is -2.31. The number of aromatic nitrogens is 2. The molecule has 0 radical (unpaired) electrons. The predicted octanol–water partition coefficient (Wildman–Crippen LogP) is 1.88. The topological polar surface area (TPSA) is 95.5 Å². The first-order chi connectivity index (χ1) is 13.4. The molecule has 0 saturated carbocycles. The standard InChI is InChI=1S/C21H18N2O5/c1-3-21(26)15-9-17-18-13(8-12-6-4-5-7-16(12)23(18)27)11(2)22(17)19(24)14(15)10-28-20(21)25/h4-9,11,26H,3,10H2,1-2H3/t11?,21-/m0/s1. The van der Waals surface area contributed by atoms with Crippen molar-refractivity contribution in [2.75, 3.05) is 0 Å². The molecule has 4 heterocycles. The van der Waals surface area contributed by atoms with Crippen LogP contribution in [0.2, 0.25) is 0 Å². The summed E-state index contributed by atoms with van der Waals surface area (Å²) in [5.74, 6) is -0.772. The number of cyclic esters (lactones) is 1. The normalized spacial score (nSPS) is 22.5. The van der Waals surface area contributed by atoms with Crippen LogP contribution in [-0.2, 0) is 21.7 Å². The summed E-state index contributed by atoms with van der Waals surface area (Å²) in [5.41, 5.74) is 0.276. The number of rotatable bonds is 1. The number of fused-ring (bicyclic) bond motifs is 5. The van der Waals surface area contributed by atoms with E-state index in [9.17, 15) is 19.9 Å². The van der Waals surface area contributed by atoms with Crippen molar-refractivity contribution in [2.45, 2.75) is 38.5 Å². The number of aliphatic hydroxyl groups is 1. The lowest BCUT2D eigenvalue weighted by atomic mass is 9.86. The van der Waals surface area contributed by atoms with Crippen LogP contribution in [0.1, 0.15) is 43.0 Å². The highest BCUT2D eigenvalue weighted by molar-refractivity contribution is 5.85. The zero-order chi connectivity index (χ0) is 19.8. The second-order valence-corrected chi connectivity index (χ2v) is 7.36. The van der Waals surface area contributed by atoms with Gasteiger partial charge in [0.05, 0.1) is 17.2 Å². The summed E-state index contributed by atoms with van der Waals surface area (Å²) in [4.78, 5) is 25.5. The summed E-state index contributed by atoms with van der Waals surface area (Å²) in [6, 6.07) is 10.4. The van der Waals surface area contributed by atoms with Crippen LogP contribution in [0.3, 0.4) is 0 Å². The molecule has 1 unspecified atom stereocenters. The minimum Gasteiger partial charge on any atom is -0.618 e. The molecule has 5 rings (SSSR count). The van der Waals surface area contributed by atoms with Gasteiger partial charge in [-0.1, -0.05) is 19.1 Å². The Bertz CT molecular complexity index is 1250. The van der Waals surface area contributed by atoms with E-state index in [2.05, 4.69) is 0 Å². The molecule has 2 aliphatic heterocycles. The van der Waals surface area contributed by atoms with E-state index < -0.39 is 11.6 Å². The highest BCUT2D eigenvalue weighted by atomic mass is 16.6. The van der Waals surface area contributed by atoms with Crippen LogP contribution in [0.15, 0.2) is 41.2 Å². The van der Waals surface area contributed by atoms with Crippen molar-refractivity contribution in [2.24, 2.45) is 0 Å². The Labute approximate surface area is 160 Å². The molecule has 2 aliphatic rings. The lowest BCUT2D eigenvalue weighted by molar-refractivity contribution is -0.565. The molecule has 0 fully saturated rings. The van der Waals surface area contributed by atoms with Gasteiger partial charge in [0.1, 0.15) is 12.3 Å². The first kappa shape index (κ1) is 16.9. The first-order valence-electron chi connectivity index (χ1n) is 9.22. The Balaban J connectivity index is 1.89. The maximum absolute atomic E-state index is 13.2. The van der Waals surface area contributed by atoms with Gasteiger partial charge < -0.3 is 15.1 Å². The third-order valence-corrected chi connectivity index (χ3v) is 6.01. The third kappa shape index (κ3) is 1.89. The van der Waals surface area contributed by atoms with E-state index in [4.69, 9.17) is 4.74 Å². The molecular formula is C21H18N2O5. The SMILES string of the molecule is CC[C@@]1(O)C(=O)OCc2c1cc1n(c2=O)C(C)c2cc3ccccc3[n+]([O-])c2-1. The van der Waals surface area contributed by atoms with Crippen LogP contribution < -0.4 is 10.3 Å². The number of carbonyl (C=O) groups excluding carboxylic acids is 1. The Morgan fingerprint density at radius 2 is 2.07 bits per heavy atom. The molecule has 2 aromatic heterocycles. The Morgan fingerprint density at radius 3 is 2.82 bits per heavy atom. The van der Waals surface area contributed by atoms with E-state index in [0.717, 1.165) is 15.7 Å². The first-order valence-corrected chi connectivity index (χ1v) is 9.22. The van der Waals surface area contributed by atoms with Gasteiger partial charge in [-0.05, 0) is 31.5 Å². The van der Waals surface area contributed by atoms with Crippen LogP contribution in [0.4, 0.5) is 0 Å². The van der Waals surface area contributed by atoms with E-state index in [1.807, 2.05) is 25.1 Å². The molecule has 2 atom stereocenters. The number of benzene rings is 1. The van der Waals surface area contributed by atoms with Crippen LogP contribution in [-0.4, -0.2) is 15.6 Å². The minimum absolute atomic E-state index is 0.0687. The van der Waals surface area contributed by atoms with Gasteiger partial charge in [0.25, 0.3) is 5.56 Å². The molecule has 0 saturated heterocycles. The average molecular weight is 378 g/mol. The van der Waals surface area contributed by atoms with Gasteiger partial charge in [-0.15, -0.1) is 0 Å². The molecule has 0 amide bonds. The molecule has 142 valence electrons. The van der Waals surface area contributed by atoms with Gasteiger partial charge in [0.2, 0.25) is 11.2 Å². The Morgan fingerprint density at radius 1 is 1.32 bits per heavy atom. The number of esters is 1. The summed E-state index contributed by atoms with van der Waals surface area (Å²) in [6.07, 6.45) is 0.0687. The number of hydrogen-bond acceptors (Lipinski definition) is 5. The fraction of sp³-hybridized carbons (Fsp3) is 0.286. The number of carbonyl (C=O) groups is 1. The number of ether oxygens (including phenoxy) is 1. The average Bonchev–Trinajstić information content (AvgIpc) is 2.98. The predicted molar refractivity (Wildman–Crippen MR) is 100 cm³/mol. The second kappa shape index (κ2) is 5.42. The summed E-state index contributed by atoms with van der Waals surface area (Å²) in [7, 11) is 0. The van der Waals surface area contributed by atoms with Crippen molar-refractivity contribution in [3.8, 4) is 11.4 Å². The number of nitrogens with zero attached hydrogens (tertiary/aromatic N) is 2. The van der Waals surface area contributed by atoms with Crippen molar-refractivity contribution in [1.82, 2.24) is 4.57 Å². The van der Waals surface area contributed by atoms with Gasteiger partial charge >= 0.3 is 5.97 Å². The molecule has 28 heavy (non-hydrogen) atoms. The number of para-hydroxylation sites is 1. The van der Waals surface area contributed by atoms with Gasteiger partial charge in [0, 0.05) is 17.0 Å². The zero-order valence-corrected chi connectivity index (χ0v) is 15.4. The Kier molecular flexibility index (Phi) is 3.28. The van der Waals surface area contributed by atoms with E-state index in [-0.39, 0.29) is 35.8 Å². The van der Waals surface area contributed by atoms with Crippen LogP contribution in [0.5, 0.6) is 0 Å². The van der Waals surface area contributed by atoms with Crippen LogP contribution >= 0.6 is 0 Å². The molecule has 0 aliphatic carbocycles. The zero-order valence-electron chi connectivity index (χ0n) is 15.4. The fourth-order valence-electron chi connectivity index (χ4n) is 4.42. The number of pyridine rings is 2. The highest BCUT2D eigenvalue weighted by Crippen LogP contribution is 2.41. The molecule has 0 bridgehead atoms. The molecule has 3 aromatic rings. The highest BCUT2D eigenvalue weighted by Gasteiger charge is 2.46. The van der Waals surface area contributed by atoms with Crippen molar-refractivity contribution in [3.05, 3.63) is 68.6 Å². The summed E-state index contributed by atoms with van der Waals surface area (Å²) < 4.78 is 7.46. The van der Waals surface area contributed by atoms with E-state index in [0.29, 0.717) is 16.9 Å². The minimum atomic E-state index is -1.89. The van der Waals surface area contributed by atoms with Crippen molar-refractivity contribution < 1.29 is 19.4 Å². The van der Waals surface area contributed by atoms with Gasteiger partial charge in [-0.25, -0.2) is 4.79 Å². The molecule has 7 heteroatoms. The molecule has 1 N–H and O–H groups in total. The lowest BCUT2D eigenvalue weighted by Crippen LogP contribution is -2.44. The van der Waals surface area contributed by atoms with E-state index >= 15 is 0 Å². The molecule has 1 aromatic carbocycles. The summed E-state index contributed by atoms with van der Waals surface area (Å²) in [5, 5.41) is 24.8. The smallest absolute Gasteiger partial charge is 0.343 e. The quantitative estimate of drug-likeness (QED) is 0.396. The van der Waals surface area contributed by atoms with E-state index in [1.165, 1.54) is 0 Å². The van der Waals surface area contributed by atoms with Crippen LogP contribution in [0.25, 0.3) is 22.3 Å². The maximum Gasteiger partial charge on any atom is 0.343 e. The Hall–Kier alpha value is -3.19. The number of hydrogen-bond donors (Lipinski definition) is 1. The van der Waals surface area contributed by atoms with Gasteiger partial charge in [-0.2, -0.15) is 4.73 Å². The van der Waals surface area contributed by atoms with Gasteiger partial charge in [-0.3, -0.25) is 9.36 Å².